The summed E-state index contributed by atoms with van der Waals surface area (Å²) in [6.07, 6.45) is 3.35. The molecule has 3 rings (SSSR count). The molecule has 0 radical (unpaired) electrons. The minimum atomic E-state index is -0.666. The molecule has 0 amide bonds. The molecule has 2 heterocycles. The van der Waals surface area contributed by atoms with Crippen LogP contribution in [0.3, 0.4) is 0 Å². The topological polar surface area (TPSA) is 65.9 Å². The molecule has 1 aromatic carbocycles. The Morgan fingerprint density at radius 1 is 1.46 bits per heavy atom. The molecule has 2 bridgehead atoms. The molecule has 134 valence electrons. The zero-order chi connectivity index (χ0) is 16.2. The summed E-state index contributed by atoms with van der Waals surface area (Å²) in [6, 6.07) is 7.57. The van der Waals surface area contributed by atoms with Gasteiger partial charge in [-0.15, -0.1) is 24.0 Å². The van der Waals surface area contributed by atoms with Gasteiger partial charge in [-0.1, -0.05) is 23.7 Å². The molecule has 3 N–H and O–H groups in total. The standard InChI is InChI=1S/C17H24ClN3O2.HI/c1-2-19-17(21-14-9-13-6-7-16(14)23-13)20-10-15(22)11-4-3-5-12(18)8-11;/h3-5,8,13-16,22H,2,6-7,9-10H2,1H3,(H2,19,20,21);1H. The van der Waals surface area contributed by atoms with Gasteiger partial charge in [0, 0.05) is 11.6 Å². The highest BCUT2D eigenvalue weighted by Crippen LogP contribution is 2.34. The Kier molecular flexibility index (Phi) is 7.59. The van der Waals surface area contributed by atoms with Crippen molar-refractivity contribution in [1.29, 1.82) is 0 Å². The van der Waals surface area contributed by atoms with Crippen molar-refractivity contribution in [3.8, 4) is 0 Å². The first-order valence-corrected chi connectivity index (χ1v) is 8.67. The lowest BCUT2D eigenvalue weighted by Gasteiger charge is -2.23. The summed E-state index contributed by atoms with van der Waals surface area (Å²) < 4.78 is 5.86. The van der Waals surface area contributed by atoms with Crippen molar-refractivity contribution in [2.75, 3.05) is 13.1 Å². The lowest BCUT2D eigenvalue weighted by molar-refractivity contribution is 0.0992. The summed E-state index contributed by atoms with van der Waals surface area (Å²) in [5.74, 6) is 0.731. The Bertz CT molecular complexity index is 573. The van der Waals surface area contributed by atoms with Crippen LogP contribution < -0.4 is 10.6 Å². The quantitative estimate of drug-likeness (QED) is 0.355. The van der Waals surface area contributed by atoms with Gasteiger partial charge in [-0.05, 0) is 43.9 Å². The number of nitrogens with zero attached hydrogens (tertiary/aromatic N) is 1. The predicted octanol–water partition coefficient (Wildman–Crippen LogP) is 2.87. The Morgan fingerprint density at radius 3 is 2.92 bits per heavy atom. The number of rotatable bonds is 5. The zero-order valence-electron chi connectivity index (χ0n) is 13.7. The van der Waals surface area contributed by atoms with Crippen molar-refractivity contribution in [3.63, 3.8) is 0 Å². The number of hydrogen-bond donors (Lipinski definition) is 3. The van der Waals surface area contributed by atoms with Gasteiger partial charge < -0.3 is 20.5 Å². The van der Waals surface area contributed by atoms with E-state index in [1.54, 1.807) is 12.1 Å². The number of aliphatic hydroxyl groups excluding tert-OH is 1. The Morgan fingerprint density at radius 2 is 2.29 bits per heavy atom. The Hall–Kier alpha value is -0.570. The lowest BCUT2D eigenvalue weighted by Crippen LogP contribution is -2.47. The van der Waals surface area contributed by atoms with Crippen LogP contribution in [-0.4, -0.2) is 42.4 Å². The van der Waals surface area contributed by atoms with Crippen molar-refractivity contribution in [2.24, 2.45) is 4.99 Å². The van der Waals surface area contributed by atoms with Crippen LogP contribution in [0.1, 0.15) is 37.9 Å². The van der Waals surface area contributed by atoms with Gasteiger partial charge in [0.05, 0.1) is 30.9 Å². The number of hydrogen-bond acceptors (Lipinski definition) is 3. The molecular weight excluding hydrogens is 441 g/mol. The molecular formula is C17H25ClIN3O2. The van der Waals surface area contributed by atoms with E-state index in [-0.39, 0.29) is 30.5 Å². The normalized spacial score (nSPS) is 26.8. The Balaban J connectivity index is 0.00000208. The molecule has 4 atom stereocenters. The molecule has 4 unspecified atom stereocenters. The van der Waals surface area contributed by atoms with Gasteiger partial charge in [-0.3, -0.25) is 4.99 Å². The lowest BCUT2D eigenvalue weighted by atomic mass is 9.96. The third-order valence-electron chi connectivity index (χ3n) is 4.43. The largest absolute Gasteiger partial charge is 0.386 e. The van der Waals surface area contributed by atoms with Gasteiger partial charge >= 0.3 is 0 Å². The van der Waals surface area contributed by atoms with Crippen LogP contribution in [0.5, 0.6) is 0 Å². The molecule has 0 aliphatic carbocycles. The highest BCUT2D eigenvalue weighted by molar-refractivity contribution is 14.0. The maximum atomic E-state index is 10.3. The number of aliphatic hydroxyl groups is 1. The fraction of sp³-hybridized carbons (Fsp3) is 0.588. The highest BCUT2D eigenvalue weighted by Gasteiger charge is 2.41. The smallest absolute Gasteiger partial charge is 0.191 e. The molecule has 2 saturated heterocycles. The van der Waals surface area contributed by atoms with E-state index >= 15 is 0 Å². The van der Waals surface area contributed by atoms with Gasteiger partial charge in [0.25, 0.3) is 0 Å². The van der Waals surface area contributed by atoms with Crippen molar-refractivity contribution in [2.45, 2.75) is 50.5 Å². The first-order chi connectivity index (χ1) is 11.2. The third kappa shape index (κ3) is 4.97. The number of halogens is 2. The van der Waals surface area contributed by atoms with Crippen molar-refractivity contribution in [1.82, 2.24) is 10.6 Å². The predicted molar refractivity (Wildman–Crippen MR) is 107 cm³/mol. The molecule has 0 spiro atoms. The van der Waals surface area contributed by atoms with E-state index in [0.29, 0.717) is 23.3 Å². The Labute approximate surface area is 165 Å². The molecule has 2 fully saturated rings. The first-order valence-electron chi connectivity index (χ1n) is 8.29. The van der Waals surface area contributed by atoms with E-state index in [4.69, 9.17) is 16.3 Å². The summed E-state index contributed by atoms with van der Waals surface area (Å²) in [7, 11) is 0. The van der Waals surface area contributed by atoms with E-state index in [1.807, 2.05) is 19.1 Å². The summed E-state index contributed by atoms with van der Waals surface area (Å²) in [4.78, 5) is 4.51. The minimum Gasteiger partial charge on any atom is -0.386 e. The van der Waals surface area contributed by atoms with Crippen LogP contribution in [0, 0.1) is 0 Å². The second-order valence-electron chi connectivity index (χ2n) is 6.15. The van der Waals surface area contributed by atoms with Crippen molar-refractivity contribution in [3.05, 3.63) is 34.9 Å². The van der Waals surface area contributed by atoms with E-state index < -0.39 is 6.10 Å². The maximum absolute atomic E-state index is 10.3. The zero-order valence-corrected chi connectivity index (χ0v) is 16.8. The molecule has 0 saturated carbocycles. The summed E-state index contributed by atoms with van der Waals surface area (Å²) >= 11 is 5.97. The number of benzene rings is 1. The third-order valence-corrected chi connectivity index (χ3v) is 4.66. The molecule has 24 heavy (non-hydrogen) atoms. The highest BCUT2D eigenvalue weighted by atomic mass is 127. The van der Waals surface area contributed by atoms with Gasteiger partial charge in [0.15, 0.2) is 5.96 Å². The minimum absolute atomic E-state index is 0. The van der Waals surface area contributed by atoms with E-state index in [0.717, 1.165) is 30.9 Å². The fourth-order valence-electron chi connectivity index (χ4n) is 3.28. The van der Waals surface area contributed by atoms with Gasteiger partial charge in [-0.25, -0.2) is 0 Å². The SMILES string of the molecule is CCNC(=NCC(O)c1cccc(Cl)c1)NC1CC2CCC1O2.I. The van der Waals surface area contributed by atoms with Crippen molar-refractivity contribution < 1.29 is 9.84 Å². The van der Waals surface area contributed by atoms with Crippen LogP contribution in [-0.2, 0) is 4.74 Å². The van der Waals surface area contributed by atoms with Gasteiger partial charge in [0.2, 0.25) is 0 Å². The average molecular weight is 466 g/mol. The fourth-order valence-corrected chi connectivity index (χ4v) is 3.48. The molecule has 2 aliphatic heterocycles. The molecule has 0 aromatic heterocycles. The van der Waals surface area contributed by atoms with Crippen molar-refractivity contribution >= 4 is 41.5 Å². The molecule has 7 heteroatoms. The van der Waals surface area contributed by atoms with Gasteiger partial charge in [-0.2, -0.15) is 0 Å². The number of aliphatic imine (C=N–C) groups is 1. The van der Waals surface area contributed by atoms with E-state index in [9.17, 15) is 5.11 Å². The van der Waals surface area contributed by atoms with Crippen LogP contribution >= 0.6 is 35.6 Å². The second kappa shape index (κ2) is 9.22. The van der Waals surface area contributed by atoms with E-state index in [1.165, 1.54) is 6.42 Å². The second-order valence-corrected chi connectivity index (χ2v) is 6.59. The van der Waals surface area contributed by atoms with Crippen LogP contribution in [0.25, 0.3) is 0 Å². The maximum Gasteiger partial charge on any atom is 0.191 e. The monoisotopic (exact) mass is 465 g/mol. The number of ether oxygens (including phenoxy) is 1. The average Bonchev–Trinajstić information content (AvgIpc) is 3.15. The number of fused-ring (bicyclic) bond motifs is 2. The molecule has 5 nitrogen and oxygen atoms in total. The first kappa shape index (κ1) is 19.8. The van der Waals surface area contributed by atoms with Gasteiger partial charge in [0.1, 0.15) is 0 Å². The van der Waals surface area contributed by atoms with Crippen LogP contribution in [0.15, 0.2) is 29.3 Å². The van der Waals surface area contributed by atoms with Crippen LogP contribution in [0.4, 0.5) is 0 Å². The summed E-state index contributed by atoms with van der Waals surface area (Å²) in [5.41, 5.74) is 0.778. The summed E-state index contributed by atoms with van der Waals surface area (Å²) in [5, 5.41) is 17.6. The van der Waals surface area contributed by atoms with E-state index in [2.05, 4.69) is 15.6 Å². The number of guanidine groups is 1. The molecule has 1 aromatic rings. The van der Waals surface area contributed by atoms with Crippen LogP contribution in [0.2, 0.25) is 5.02 Å². The summed E-state index contributed by atoms with van der Waals surface area (Å²) in [6.45, 7) is 3.10. The number of nitrogens with one attached hydrogen (secondary N) is 2. The molecule has 2 aliphatic rings.